The average Bonchev–Trinajstić information content (AvgIpc) is 2.17. The zero-order chi connectivity index (χ0) is 11.5. The van der Waals surface area contributed by atoms with Gasteiger partial charge in [0.15, 0.2) is 0 Å². The van der Waals surface area contributed by atoms with E-state index in [0.717, 1.165) is 16.6 Å². The number of hydrogen-bond donors (Lipinski definition) is 1. The van der Waals surface area contributed by atoms with Crippen LogP contribution in [0.25, 0.3) is 0 Å². The van der Waals surface area contributed by atoms with Gasteiger partial charge in [-0.2, -0.15) is 0 Å². The van der Waals surface area contributed by atoms with Crippen molar-refractivity contribution in [3.8, 4) is 0 Å². The Labute approximate surface area is 104 Å². The Bertz CT molecular complexity index is 402. The molecule has 0 unspecified atom stereocenters. The van der Waals surface area contributed by atoms with Gasteiger partial charge in [-0.15, -0.1) is 11.8 Å². The second-order valence-corrected chi connectivity index (χ2v) is 5.56. The number of aromatic carboxylic acids is 1. The maximum absolute atomic E-state index is 10.9. The molecule has 0 radical (unpaired) electrons. The minimum absolute atomic E-state index is 0.195. The molecule has 0 aliphatic heterocycles. The summed E-state index contributed by atoms with van der Waals surface area (Å²) in [5.41, 5.74) is 0.195. The first-order chi connectivity index (χ1) is 7.66. The zero-order valence-electron chi connectivity index (χ0n) is 8.78. The summed E-state index contributed by atoms with van der Waals surface area (Å²) in [4.78, 5) is 11.9. The first-order valence-electron chi connectivity index (χ1n) is 5.32. The highest BCUT2D eigenvalue weighted by atomic mass is 35.5. The molecule has 1 fully saturated rings. The largest absolute Gasteiger partial charge is 0.478 e. The normalized spacial score (nSPS) is 15.8. The van der Waals surface area contributed by atoms with Crippen LogP contribution in [0.2, 0.25) is 5.02 Å². The van der Waals surface area contributed by atoms with E-state index in [0.29, 0.717) is 5.02 Å². The second-order valence-electron chi connectivity index (χ2n) is 4.05. The van der Waals surface area contributed by atoms with Crippen LogP contribution in [0.3, 0.4) is 0 Å². The molecule has 0 amide bonds. The van der Waals surface area contributed by atoms with Gasteiger partial charge >= 0.3 is 5.97 Å². The molecule has 2 nitrogen and oxygen atoms in total. The van der Waals surface area contributed by atoms with Crippen molar-refractivity contribution in [3.05, 3.63) is 28.8 Å². The van der Waals surface area contributed by atoms with Gasteiger partial charge in [-0.1, -0.05) is 18.0 Å². The first-order valence-corrected chi connectivity index (χ1v) is 6.69. The smallest absolute Gasteiger partial charge is 0.337 e. The SMILES string of the molecule is O=C(O)c1cc(SCC2CCC2)ccc1Cl. The summed E-state index contributed by atoms with van der Waals surface area (Å²) in [5.74, 6) is 0.936. The van der Waals surface area contributed by atoms with Gasteiger partial charge in [0.05, 0.1) is 10.6 Å². The van der Waals surface area contributed by atoms with Gasteiger partial charge in [0.25, 0.3) is 0 Å². The minimum atomic E-state index is -0.962. The van der Waals surface area contributed by atoms with Crippen molar-refractivity contribution in [2.24, 2.45) is 5.92 Å². The summed E-state index contributed by atoms with van der Waals surface area (Å²) in [6.45, 7) is 0. The van der Waals surface area contributed by atoms with E-state index in [2.05, 4.69) is 0 Å². The van der Waals surface area contributed by atoms with Gasteiger partial charge in [-0.25, -0.2) is 4.79 Å². The quantitative estimate of drug-likeness (QED) is 0.830. The maximum atomic E-state index is 10.9. The minimum Gasteiger partial charge on any atom is -0.478 e. The Balaban J connectivity index is 2.03. The van der Waals surface area contributed by atoms with Crippen molar-refractivity contribution in [2.45, 2.75) is 24.2 Å². The molecule has 1 aromatic rings. The molecule has 86 valence electrons. The number of carboxylic acids is 1. The zero-order valence-corrected chi connectivity index (χ0v) is 10.4. The number of carboxylic acid groups (broad SMARTS) is 1. The van der Waals surface area contributed by atoms with Crippen LogP contribution in [-0.4, -0.2) is 16.8 Å². The Morgan fingerprint density at radius 3 is 2.81 bits per heavy atom. The molecule has 0 saturated heterocycles. The van der Waals surface area contributed by atoms with Crippen LogP contribution >= 0.6 is 23.4 Å². The van der Waals surface area contributed by atoms with E-state index in [1.807, 2.05) is 6.07 Å². The maximum Gasteiger partial charge on any atom is 0.337 e. The van der Waals surface area contributed by atoms with E-state index in [4.69, 9.17) is 16.7 Å². The van der Waals surface area contributed by atoms with Crippen molar-refractivity contribution in [1.82, 2.24) is 0 Å². The molecule has 0 atom stereocenters. The van der Waals surface area contributed by atoms with Gasteiger partial charge in [-0.3, -0.25) is 0 Å². The van der Waals surface area contributed by atoms with Gasteiger partial charge < -0.3 is 5.11 Å². The molecular weight excluding hydrogens is 244 g/mol. The Morgan fingerprint density at radius 1 is 1.50 bits per heavy atom. The topological polar surface area (TPSA) is 37.3 Å². The van der Waals surface area contributed by atoms with Crippen molar-refractivity contribution in [3.63, 3.8) is 0 Å². The van der Waals surface area contributed by atoms with E-state index in [1.54, 1.807) is 23.9 Å². The predicted octanol–water partition coefficient (Wildman–Crippen LogP) is 3.93. The lowest BCUT2D eigenvalue weighted by Gasteiger charge is -2.24. The fraction of sp³-hybridized carbons (Fsp3) is 0.417. The summed E-state index contributed by atoms with van der Waals surface area (Å²) < 4.78 is 0. The van der Waals surface area contributed by atoms with Crippen molar-refractivity contribution in [2.75, 3.05) is 5.75 Å². The van der Waals surface area contributed by atoms with E-state index in [9.17, 15) is 4.79 Å². The molecule has 1 N–H and O–H groups in total. The fourth-order valence-corrected chi connectivity index (χ4v) is 2.96. The number of hydrogen-bond acceptors (Lipinski definition) is 2. The van der Waals surface area contributed by atoms with Crippen molar-refractivity contribution < 1.29 is 9.90 Å². The first kappa shape index (κ1) is 11.8. The van der Waals surface area contributed by atoms with Gasteiger partial charge in [-0.05, 0) is 37.0 Å². The predicted molar refractivity (Wildman–Crippen MR) is 66.5 cm³/mol. The van der Waals surface area contributed by atoms with Crippen LogP contribution in [0, 0.1) is 5.92 Å². The fourth-order valence-electron chi connectivity index (χ4n) is 1.63. The lowest BCUT2D eigenvalue weighted by Crippen LogP contribution is -2.13. The lowest BCUT2D eigenvalue weighted by molar-refractivity contribution is 0.0697. The highest BCUT2D eigenvalue weighted by Gasteiger charge is 2.17. The summed E-state index contributed by atoms with van der Waals surface area (Å²) in [6.07, 6.45) is 3.96. The Hall–Kier alpha value is -0.670. The molecule has 2 rings (SSSR count). The third-order valence-corrected chi connectivity index (χ3v) is 4.43. The third-order valence-electron chi connectivity index (χ3n) is 2.88. The van der Waals surface area contributed by atoms with Crippen LogP contribution in [0.4, 0.5) is 0 Å². The number of carbonyl (C=O) groups is 1. The monoisotopic (exact) mass is 256 g/mol. The molecule has 1 aliphatic carbocycles. The summed E-state index contributed by atoms with van der Waals surface area (Å²) in [5, 5.41) is 9.24. The van der Waals surface area contributed by atoms with Crippen LogP contribution in [0.5, 0.6) is 0 Å². The highest BCUT2D eigenvalue weighted by Crippen LogP contribution is 2.33. The highest BCUT2D eigenvalue weighted by molar-refractivity contribution is 7.99. The average molecular weight is 257 g/mol. The van der Waals surface area contributed by atoms with E-state index >= 15 is 0 Å². The number of rotatable bonds is 4. The van der Waals surface area contributed by atoms with E-state index in [1.165, 1.54) is 19.3 Å². The lowest BCUT2D eigenvalue weighted by atomic mass is 9.87. The van der Waals surface area contributed by atoms with Crippen molar-refractivity contribution in [1.29, 1.82) is 0 Å². The summed E-state index contributed by atoms with van der Waals surface area (Å²) >= 11 is 7.52. The number of halogens is 1. The molecule has 1 aromatic carbocycles. The molecule has 4 heteroatoms. The molecule has 0 bridgehead atoms. The van der Waals surface area contributed by atoms with Gasteiger partial charge in [0.1, 0.15) is 0 Å². The molecular formula is C12H13ClO2S. The van der Waals surface area contributed by atoms with Crippen molar-refractivity contribution >= 4 is 29.3 Å². The third kappa shape index (κ3) is 2.71. The number of thioether (sulfide) groups is 1. The molecule has 1 aliphatic rings. The van der Waals surface area contributed by atoms with Crippen LogP contribution in [0.1, 0.15) is 29.6 Å². The Morgan fingerprint density at radius 2 is 2.25 bits per heavy atom. The molecule has 16 heavy (non-hydrogen) atoms. The molecule has 1 saturated carbocycles. The summed E-state index contributed by atoms with van der Waals surface area (Å²) in [6, 6.07) is 5.21. The summed E-state index contributed by atoms with van der Waals surface area (Å²) in [7, 11) is 0. The number of benzene rings is 1. The molecule has 0 spiro atoms. The Kier molecular flexibility index (Phi) is 3.77. The standard InChI is InChI=1S/C12H13ClO2S/c13-11-5-4-9(6-10(11)12(14)15)16-7-8-2-1-3-8/h4-6,8H,1-3,7H2,(H,14,15). The second kappa shape index (κ2) is 5.11. The molecule has 0 heterocycles. The van der Waals surface area contributed by atoms with E-state index in [-0.39, 0.29) is 5.56 Å². The van der Waals surface area contributed by atoms with E-state index < -0.39 is 5.97 Å². The van der Waals surface area contributed by atoms with Gasteiger partial charge in [0, 0.05) is 10.6 Å². The molecule has 0 aromatic heterocycles. The van der Waals surface area contributed by atoms with Crippen LogP contribution in [-0.2, 0) is 0 Å². The van der Waals surface area contributed by atoms with Crippen LogP contribution < -0.4 is 0 Å². The van der Waals surface area contributed by atoms with Crippen LogP contribution in [0.15, 0.2) is 23.1 Å². The van der Waals surface area contributed by atoms with Gasteiger partial charge in [0.2, 0.25) is 0 Å².